The van der Waals surface area contributed by atoms with E-state index in [2.05, 4.69) is 0 Å². The van der Waals surface area contributed by atoms with Gasteiger partial charge in [-0.05, 0) is 69.9 Å². The summed E-state index contributed by atoms with van der Waals surface area (Å²) in [6.45, 7) is 9.95. The Morgan fingerprint density at radius 3 is 2.15 bits per heavy atom. The Kier molecular flexibility index (Phi) is 4.75. The highest BCUT2D eigenvalue weighted by atomic mass is 19.1. The topological polar surface area (TPSA) is 53.7 Å². The molecule has 2 aromatic rings. The van der Waals surface area contributed by atoms with Crippen molar-refractivity contribution < 1.29 is 18.4 Å². The Bertz CT molecular complexity index is 776. The summed E-state index contributed by atoms with van der Waals surface area (Å²) in [5.74, 6) is 0.275. The maximum Gasteiger partial charge on any atom is 0.494 e. The first kappa shape index (κ1) is 18.7. The standard InChI is InChI=1S/C20H25BFNO3/c1-13(14-6-9-16(22)10-7-14)24-18-12-15(8-11-17(18)23)21-25-19(2,3)20(4,5)26-21/h6-13H,23H2,1-5H3/t13-/m1/s1. The second-order valence-corrected chi connectivity index (χ2v) is 7.70. The molecule has 1 saturated heterocycles. The van der Waals surface area contributed by atoms with Gasteiger partial charge in [-0.15, -0.1) is 0 Å². The van der Waals surface area contributed by atoms with Crippen LogP contribution >= 0.6 is 0 Å². The number of benzene rings is 2. The molecule has 0 saturated carbocycles. The fraction of sp³-hybridized carbons (Fsp3) is 0.400. The summed E-state index contributed by atoms with van der Waals surface area (Å²) in [5.41, 5.74) is 7.49. The van der Waals surface area contributed by atoms with Crippen molar-refractivity contribution >= 4 is 18.3 Å². The van der Waals surface area contributed by atoms with Crippen molar-refractivity contribution in [2.75, 3.05) is 5.73 Å². The lowest BCUT2D eigenvalue weighted by Crippen LogP contribution is -2.41. The number of hydrogen-bond acceptors (Lipinski definition) is 4. The van der Waals surface area contributed by atoms with Crippen molar-refractivity contribution in [3.63, 3.8) is 0 Å². The van der Waals surface area contributed by atoms with E-state index in [0.717, 1.165) is 11.0 Å². The highest BCUT2D eigenvalue weighted by Crippen LogP contribution is 2.37. The zero-order valence-corrected chi connectivity index (χ0v) is 15.9. The molecule has 0 spiro atoms. The molecule has 3 rings (SSSR count). The van der Waals surface area contributed by atoms with Crippen LogP contribution in [0.4, 0.5) is 10.1 Å². The van der Waals surface area contributed by atoms with E-state index in [0.29, 0.717) is 11.4 Å². The lowest BCUT2D eigenvalue weighted by atomic mass is 9.79. The van der Waals surface area contributed by atoms with Crippen molar-refractivity contribution in [3.05, 3.63) is 53.8 Å². The lowest BCUT2D eigenvalue weighted by Gasteiger charge is -2.32. The Morgan fingerprint density at radius 2 is 1.58 bits per heavy atom. The van der Waals surface area contributed by atoms with Gasteiger partial charge >= 0.3 is 7.12 Å². The minimum Gasteiger partial charge on any atom is -0.484 e. The van der Waals surface area contributed by atoms with Crippen molar-refractivity contribution in [1.29, 1.82) is 0 Å². The summed E-state index contributed by atoms with van der Waals surface area (Å²) >= 11 is 0. The number of nitrogens with two attached hydrogens (primary N) is 1. The third kappa shape index (κ3) is 3.57. The second-order valence-electron chi connectivity index (χ2n) is 7.70. The normalized spacial score (nSPS) is 19.4. The summed E-state index contributed by atoms with van der Waals surface area (Å²) in [7, 11) is -0.482. The van der Waals surface area contributed by atoms with Crippen LogP contribution in [0.3, 0.4) is 0 Å². The lowest BCUT2D eigenvalue weighted by molar-refractivity contribution is 0.00578. The van der Waals surface area contributed by atoms with Crippen LogP contribution in [0, 0.1) is 5.82 Å². The first-order valence-corrected chi connectivity index (χ1v) is 8.76. The van der Waals surface area contributed by atoms with Crippen LogP contribution in [0.25, 0.3) is 0 Å². The number of nitrogen functional groups attached to an aromatic ring is 1. The number of rotatable bonds is 4. The predicted octanol–water partition coefficient (Wildman–Crippen LogP) is 3.85. The molecule has 138 valence electrons. The van der Waals surface area contributed by atoms with E-state index in [4.69, 9.17) is 19.8 Å². The maximum absolute atomic E-state index is 13.1. The van der Waals surface area contributed by atoms with E-state index >= 15 is 0 Å². The fourth-order valence-electron chi connectivity index (χ4n) is 2.77. The SMILES string of the molecule is C[C@@H](Oc1cc(B2OC(C)(C)C(C)(C)O2)ccc1N)c1ccc(F)cc1. The molecule has 6 heteroatoms. The highest BCUT2D eigenvalue weighted by Gasteiger charge is 2.51. The van der Waals surface area contributed by atoms with Gasteiger partial charge in [0.1, 0.15) is 17.7 Å². The van der Waals surface area contributed by atoms with Crippen LogP contribution in [-0.2, 0) is 9.31 Å². The Labute approximate surface area is 154 Å². The minimum absolute atomic E-state index is 0.272. The monoisotopic (exact) mass is 357 g/mol. The van der Waals surface area contributed by atoms with Crippen LogP contribution < -0.4 is 15.9 Å². The molecule has 4 nitrogen and oxygen atoms in total. The first-order valence-electron chi connectivity index (χ1n) is 8.76. The predicted molar refractivity (Wildman–Crippen MR) is 102 cm³/mol. The third-order valence-corrected chi connectivity index (χ3v) is 5.21. The smallest absolute Gasteiger partial charge is 0.484 e. The molecule has 1 heterocycles. The van der Waals surface area contributed by atoms with E-state index < -0.39 is 18.3 Å². The molecule has 2 aromatic carbocycles. The zero-order chi connectivity index (χ0) is 19.1. The Balaban J connectivity index is 1.81. The number of ether oxygens (including phenoxy) is 1. The second kappa shape index (κ2) is 6.60. The molecule has 0 unspecified atom stereocenters. The van der Waals surface area contributed by atoms with Crippen LogP contribution in [0.15, 0.2) is 42.5 Å². The van der Waals surface area contributed by atoms with Gasteiger partial charge < -0.3 is 19.8 Å². The van der Waals surface area contributed by atoms with Crippen molar-refractivity contribution in [2.45, 2.75) is 51.9 Å². The summed E-state index contributed by atoms with van der Waals surface area (Å²) in [5, 5.41) is 0. The summed E-state index contributed by atoms with van der Waals surface area (Å²) < 4.78 is 31.3. The molecule has 2 N–H and O–H groups in total. The molecule has 0 aromatic heterocycles. The van der Waals surface area contributed by atoms with Gasteiger partial charge in [0.25, 0.3) is 0 Å². The van der Waals surface area contributed by atoms with Crippen molar-refractivity contribution in [1.82, 2.24) is 0 Å². The van der Waals surface area contributed by atoms with E-state index in [1.165, 1.54) is 12.1 Å². The fourth-order valence-corrected chi connectivity index (χ4v) is 2.77. The van der Waals surface area contributed by atoms with Gasteiger partial charge in [-0.2, -0.15) is 0 Å². The number of halogens is 1. The average Bonchev–Trinajstić information content (AvgIpc) is 2.78. The molecular formula is C20H25BFNO3. The van der Waals surface area contributed by atoms with Gasteiger partial charge in [0.05, 0.1) is 16.9 Å². The molecule has 1 fully saturated rings. The van der Waals surface area contributed by atoms with Crippen molar-refractivity contribution in [2.24, 2.45) is 0 Å². The van der Waals surface area contributed by atoms with Gasteiger partial charge in [0.2, 0.25) is 0 Å². The van der Waals surface area contributed by atoms with E-state index in [1.807, 2.05) is 46.8 Å². The van der Waals surface area contributed by atoms with E-state index in [9.17, 15) is 4.39 Å². The minimum atomic E-state index is -0.482. The Hall–Kier alpha value is -2.05. The average molecular weight is 357 g/mol. The number of anilines is 1. The van der Waals surface area contributed by atoms with Crippen LogP contribution in [0.5, 0.6) is 5.75 Å². The molecule has 0 bridgehead atoms. The molecule has 26 heavy (non-hydrogen) atoms. The molecule has 1 aliphatic rings. The van der Waals surface area contributed by atoms with Crippen LogP contribution in [-0.4, -0.2) is 18.3 Å². The summed E-state index contributed by atoms with van der Waals surface area (Å²) in [6.07, 6.45) is -0.272. The summed E-state index contributed by atoms with van der Waals surface area (Å²) in [6, 6.07) is 11.7. The van der Waals surface area contributed by atoms with Gasteiger partial charge in [-0.1, -0.05) is 18.2 Å². The highest BCUT2D eigenvalue weighted by molar-refractivity contribution is 6.62. The number of hydrogen-bond donors (Lipinski definition) is 1. The van der Waals surface area contributed by atoms with Gasteiger partial charge in [-0.3, -0.25) is 0 Å². The molecule has 1 aliphatic heterocycles. The molecule has 0 aliphatic carbocycles. The quantitative estimate of drug-likeness (QED) is 0.667. The van der Waals surface area contributed by atoms with Crippen molar-refractivity contribution in [3.8, 4) is 5.75 Å². The molecular weight excluding hydrogens is 332 g/mol. The van der Waals surface area contributed by atoms with Gasteiger partial charge in [0, 0.05) is 0 Å². The molecule has 0 radical (unpaired) electrons. The molecule has 0 amide bonds. The summed E-state index contributed by atoms with van der Waals surface area (Å²) in [4.78, 5) is 0. The zero-order valence-electron chi connectivity index (χ0n) is 15.9. The third-order valence-electron chi connectivity index (χ3n) is 5.21. The first-order chi connectivity index (χ1) is 12.1. The largest absolute Gasteiger partial charge is 0.494 e. The van der Waals surface area contributed by atoms with E-state index in [-0.39, 0.29) is 11.9 Å². The molecule has 1 atom stereocenters. The van der Waals surface area contributed by atoms with Gasteiger partial charge in [-0.25, -0.2) is 4.39 Å². The van der Waals surface area contributed by atoms with Gasteiger partial charge in [0.15, 0.2) is 0 Å². The Morgan fingerprint density at radius 1 is 1.00 bits per heavy atom. The van der Waals surface area contributed by atoms with Crippen LogP contribution in [0.1, 0.15) is 46.3 Å². The van der Waals surface area contributed by atoms with E-state index in [1.54, 1.807) is 18.2 Å². The maximum atomic E-state index is 13.1. The van der Waals surface area contributed by atoms with Crippen LogP contribution in [0.2, 0.25) is 0 Å².